The molecule has 0 aromatic carbocycles. The molecule has 0 aliphatic heterocycles. The molecule has 0 bridgehead atoms. The molecule has 0 aromatic rings. The number of ether oxygens (including phenoxy) is 2. The highest BCUT2D eigenvalue weighted by Gasteiger charge is 2.05. The molecule has 0 N–H and O–H groups in total. The Morgan fingerprint density at radius 3 is 1.90 bits per heavy atom. The summed E-state index contributed by atoms with van der Waals surface area (Å²) in [5.74, 6) is 0.302. The summed E-state index contributed by atoms with van der Waals surface area (Å²) in [4.78, 5) is 22.7. The molecule has 0 unspecified atom stereocenters. The summed E-state index contributed by atoms with van der Waals surface area (Å²) < 4.78 is 10.2. The van der Waals surface area contributed by atoms with Gasteiger partial charge in [-0.15, -0.1) is 0 Å². The third kappa shape index (κ3) is 13.4. The topological polar surface area (TPSA) is 52.6 Å². The van der Waals surface area contributed by atoms with Gasteiger partial charge in [-0.2, -0.15) is 0 Å². The molecule has 0 fully saturated rings. The Kier molecular flexibility index (Phi) is 12.3. The Morgan fingerprint density at radius 1 is 0.850 bits per heavy atom. The lowest BCUT2D eigenvalue weighted by Crippen LogP contribution is -2.08. The van der Waals surface area contributed by atoms with Crippen LogP contribution in [0.5, 0.6) is 0 Å². The minimum Gasteiger partial charge on any atom is -0.466 e. The van der Waals surface area contributed by atoms with Crippen LogP contribution in [0.4, 0.5) is 0 Å². The van der Waals surface area contributed by atoms with Crippen molar-refractivity contribution in [2.75, 3.05) is 13.2 Å². The maximum absolute atomic E-state index is 11.4. The van der Waals surface area contributed by atoms with E-state index in [0.29, 0.717) is 32.0 Å². The van der Waals surface area contributed by atoms with Crippen LogP contribution in [-0.4, -0.2) is 25.2 Å². The van der Waals surface area contributed by atoms with Crippen molar-refractivity contribution in [3.05, 3.63) is 0 Å². The first-order valence-corrected chi connectivity index (χ1v) is 7.87. The number of hydrogen-bond donors (Lipinski definition) is 0. The molecule has 0 saturated heterocycles. The van der Waals surface area contributed by atoms with Crippen LogP contribution in [0.1, 0.15) is 72.1 Å². The summed E-state index contributed by atoms with van der Waals surface area (Å²) in [6.07, 6.45) is 6.19. The molecule has 0 rings (SSSR count). The van der Waals surface area contributed by atoms with Gasteiger partial charge in [0.1, 0.15) is 0 Å². The molecule has 0 heterocycles. The van der Waals surface area contributed by atoms with Crippen LogP contribution in [0, 0.1) is 5.92 Å². The van der Waals surface area contributed by atoms with E-state index in [1.54, 1.807) is 0 Å². The fourth-order valence-electron chi connectivity index (χ4n) is 1.60. The monoisotopic (exact) mass is 286 g/mol. The predicted molar refractivity (Wildman–Crippen MR) is 79.4 cm³/mol. The third-order valence-corrected chi connectivity index (χ3v) is 2.98. The second-order valence-corrected chi connectivity index (χ2v) is 5.54. The smallest absolute Gasteiger partial charge is 0.305 e. The van der Waals surface area contributed by atoms with E-state index in [1.807, 2.05) is 0 Å². The quantitative estimate of drug-likeness (QED) is 0.404. The van der Waals surface area contributed by atoms with E-state index in [1.165, 1.54) is 0 Å². The first-order chi connectivity index (χ1) is 9.56. The standard InChI is InChI=1S/C16H30O4/c1-4-5-12-19-15(17)9-7-6-8-10-16(18)20-13-11-14(2)3/h14H,4-13H2,1-3H3. The summed E-state index contributed by atoms with van der Waals surface area (Å²) in [6.45, 7) is 7.31. The highest BCUT2D eigenvalue weighted by atomic mass is 16.5. The average Bonchev–Trinajstić information content (AvgIpc) is 2.38. The van der Waals surface area contributed by atoms with Gasteiger partial charge in [0, 0.05) is 12.8 Å². The lowest BCUT2D eigenvalue weighted by atomic mass is 10.1. The largest absolute Gasteiger partial charge is 0.466 e. The molecule has 4 heteroatoms. The average molecular weight is 286 g/mol. The van der Waals surface area contributed by atoms with Crippen molar-refractivity contribution in [2.24, 2.45) is 5.92 Å². The van der Waals surface area contributed by atoms with Crippen molar-refractivity contribution >= 4 is 11.9 Å². The normalized spacial score (nSPS) is 10.6. The van der Waals surface area contributed by atoms with Gasteiger partial charge in [-0.25, -0.2) is 0 Å². The molecule has 0 aliphatic rings. The van der Waals surface area contributed by atoms with Gasteiger partial charge >= 0.3 is 11.9 Å². The van der Waals surface area contributed by atoms with E-state index in [2.05, 4.69) is 20.8 Å². The van der Waals surface area contributed by atoms with Crippen molar-refractivity contribution in [3.63, 3.8) is 0 Å². The van der Waals surface area contributed by atoms with Gasteiger partial charge in [0.15, 0.2) is 0 Å². The number of carbonyl (C=O) groups is 2. The fourth-order valence-corrected chi connectivity index (χ4v) is 1.60. The van der Waals surface area contributed by atoms with Gasteiger partial charge in [0.2, 0.25) is 0 Å². The van der Waals surface area contributed by atoms with Gasteiger partial charge in [0.05, 0.1) is 13.2 Å². The lowest BCUT2D eigenvalue weighted by Gasteiger charge is -2.06. The Balaban J connectivity index is 3.34. The maximum atomic E-state index is 11.4. The number of rotatable bonds is 12. The molecular weight excluding hydrogens is 256 g/mol. The van der Waals surface area contributed by atoms with Gasteiger partial charge in [-0.3, -0.25) is 9.59 Å². The number of hydrogen-bond acceptors (Lipinski definition) is 4. The van der Waals surface area contributed by atoms with Crippen LogP contribution < -0.4 is 0 Å². The summed E-state index contributed by atoms with van der Waals surface area (Å²) in [6, 6.07) is 0. The van der Waals surface area contributed by atoms with Crippen LogP contribution >= 0.6 is 0 Å². The van der Waals surface area contributed by atoms with E-state index in [0.717, 1.165) is 38.5 Å². The van der Waals surface area contributed by atoms with Crippen molar-refractivity contribution in [1.82, 2.24) is 0 Å². The molecule has 0 aromatic heterocycles. The molecule has 0 saturated carbocycles. The van der Waals surface area contributed by atoms with E-state index in [9.17, 15) is 9.59 Å². The highest BCUT2D eigenvalue weighted by molar-refractivity contribution is 5.69. The first kappa shape index (κ1) is 18.9. The minimum absolute atomic E-state index is 0.127. The summed E-state index contributed by atoms with van der Waals surface area (Å²) >= 11 is 0. The molecule has 0 spiro atoms. The molecular formula is C16H30O4. The Bertz CT molecular complexity index is 261. The Labute approximate surface area is 123 Å². The van der Waals surface area contributed by atoms with Gasteiger partial charge in [-0.05, 0) is 31.6 Å². The molecule has 4 nitrogen and oxygen atoms in total. The third-order valence-electron chi connectivity index (χ3n) is 2.98. The molecule has 118 valence electrons. The second-order valence-electron chi connectivity index (χ2n) is 5.54. The number of esters is 2. The highest BCUT2D eigenvalue weighted by Crippen LogP contribution is 2.06. The van der Waals surface area contributed by atoms with Gasteiger partial charge in [0.25, 0.3) is 0 Å². The van der Waals surface area contributed by atoms with E-state index >= 15 is 0 Å². The Hall–Kier alpha value is -1.06. The fraction of sp³-hybridized carbons (Fsp3) is 0.875. The predicted octanol–water partition coefficient (Wildman–Crippen LogP) is 3.87. The van der Waals surface area contributed by atoms with E-state index < -0.39 is 0 Å². The SMILES string of the molecule is CCCCOC(=O)CCCCCC(=O)OCCC(C)C. The van der Waals surface area contributed by atoms with Crippen LogP contribution in [0.25, 0.3) is 0 Å². The van der Waals surface area contributed by atoms with E-state index in [-0.39, 0.29) is 11.9 Å². The summed E-state index contributed by atoms with van der Waals surface area (Å²) in [7, 11) is 0. The summed E-state index contributed by atoms with van der Waals surface area (Å²) in [5, 5.41) is 0. The van der Waals surface area contributed by atoms with Gasteiger partial charge in [-0.1, -0.05) is 33.6 Å². The molecule has 0 atom stereocenters. The van der Waals surface area contributed by atoms with Crippen molar-refractivity contribution < 1.29 is 19.1 Å². The van der Waals surface area contributed by atoms with Crippen molar-refractivity contribution in [2.45, 2.75) is 72.1 Å². The van der Waals surface area contributed by atoms with Crippen LogP contribution in [0.2, 0.25) is 0 Å². The first-order valence-electron chi connectivity index (χ1n) is 7.87. The molecule has 0 amide bonds. The zero-order chi connectivity index (χ0) is 15.2. The maximum Gasteiger partial charge on any atom is 0.305 e. The zero-order valence-electron chi connectivity index (χ0n) is 13.3. The second kappa shape index (κ2) is 12.9. The number of unbranched alkanes of at least 4 members (excludes halogenated alkanes) is 3. The number of carbonyl (C=O) groups excluding carboxylic acids is 2. The Morgan fingerprint density at radius 2 is 1.40 bits per heavy atom. The van der Waals surface area contributed by atoms with Crippen LogP contribution in [0.15, 0.2) is 0 Å². The van der Waals surface area contributed by atoms with Crippen molar-refractivity contribution in [3.8, 4) is 0 Å². The van der Waals surface area contributed by atoms with Gasteiger partial charge < -0.3 is 9.47 Å². The van der Waals surface area contributed by atoms with Crippen LogP contribution in [-0.2, 0) is 19.1 Å². The zero-order valence-corrected chi connectivity index (χ0v) is 13.3. The van der Waals surface area contributed by atoms with Crippen molar-refractivity contribution in [1.29, 1.82) is 0 Å². The lowest BCUT2D eigenvalue weighted by molar-refractivity contribution is -0.144. The molecule has 0 radical (unpaired) electrons. The summed E-state index contributed by atoms with van der Waals surface area (Å²) in [5.41, 5.74) is 0. The molecule has 20 heavy (non-hydrogen) atoms. The molecule has 0 aliphatic carbocycles. The van der Waals surface area contributed by atoms with Crippen LogP contribution in [0.3, 0.4) is 0 Å². The van der Waals surface area contributed by atoms with E-state index in [4.69, 9.17) is 9.47 Å². The minimum atomic E-state index is -0.129.